The van der Waals surface area contributed by atoms with Crippen LogP contribution in [0.5, 0.6) is 0 Å². The minimum Gasteiger partial charge on any atom is -0.334 e. The van der Waals surface area contributed by atoms with Crippen LogP contribution in [0.3, 0.4) is 0 Å². The number of nitrogens with zero attached hydrogens (tertiary/aromatic N) is 5. The third-order valence-electron chi connectivity index (χ3n) is 8.83. The zero-order valence-electron chi connectivity index (χ0n) is 28.1. The molecule has 0 bridgehead atoms. The molecule has 1 aliphatic rings. The molecule has 3 aromatic carbocycles. The number of likely N-dealkylation sites (tertiary alicyclic amines) is 1. The van der Waals surface area contributed by atoms with Crippen LogP contribution in [0, 0.1) is 5.82 Å². The highest BCUT2D eigenvalue weighted by Gasteiger charge is 2.33. The molecule has 0 aliphatic carbocycles. The van der Waals surface area contributed by atoms with Gasteiger partial charge in [0.2, 0.25) is 5.91 Å². The van der Waals surface area contributed by atoms with Crippen molar-refractivity contribution in [3.63, 3.8) is 0 Å². The quantitative estimate of drug-likeness (QED) is 0.126. The Bertz CT molecular complexity index is 1780. The SMILES string of the molecule is CCc1nn(CC(=O)N(Cc2ccc(-c3ccc(C(F)(F)F)cc3)cc2)C2CCN(C(C)(C)C)CC2)c(SCc2ccc(F)cc2)nc1=O. The molecule has 12 heteroatoms. The molecule has 1 aromatic heterocycles. The van der Waals surface area contributed by atoms with Crippen molar-refractivity contribution < 1.29 is 22.4 Å². The molecule has 0 spiro atoms. The lowest BCUT2D eigenvalue weighted by Crippen LogP contribution is -2.52. The molecule has 260 valence electrons. The number of halogens is 4. The molecule has 1 aliphatic heterocycles. The lowest BCUT2D eigenvalue weighted by molar-refractivity contribution is -0.138. The summed E-state index contributed by atoms with van der Waals surface area (Å²) in [4.78, 5) is 35.5. The van der Waals surface area contributed by atoms with Gasteiger partial charge < -0.3 is 4.90 Å². The summed E-state index contributed by atoms with van der Waals surface area (Å²) < 4.78 is 54.1. The number of alkyl halides is 3. The van der Waals surface area contributed by atoms with Gasteiger partial charge in [-0.2, -0.15) is 23.3 Å². The van der Waals surface area contributed by atoms with E-state index in [1.807, 2.05) is 36.1 Å². The van der Waals surface area contributed by atoms with Gasteiger partial charge in [-0.15, -0.1) is 0 Å². The van der Waals surface area contributed by atoms with E-state index in [-0.39, 0.29) is 35.5 Å². The van der Waals surface area contributed by atoms with E-state index in [2.05, 4.69) is 35.8 Å². The minimum atomic E-state index is -4.40. The van der Waals surface area contributed by atoms with Gasteiger partial charge >= 0.3 is 6.18 Å². The topological polar surface area (TPSA) is 71.3 Å². The summed E-state index contributed by atoms with van der Waals surface area (Å²) in [6.45, 7) is 10.2. The van der Waals surface area contributed by atoms with E-state index in [1.165, 1.54) is 40.7 Å². The number of hydrogen-bond donors (Lipinski definition) is 0. The number of benzene rings is 3. The maximum atomic E-state index is 14.2. The first kappa shape index (κ1) is 36.3. The van der Waals surface area contributed by atoms with E-state index in [0.717, 1.165) is 54.8 Å². The Labute approximate surface area is 288 Å². The number of piperidine rings is 1. The van der Waals surface area contributed by atoms with Crippen LogP contribution in [0.25, 0.3) is 11.1 Å². The fourth-order valence-corrected chi connectivity index (χ4v) is 6.83. The number of carbonyl (C=O) groups is 1. The highest BCUT2D eigenvalue weighted by atomic mass is 32.2. The average Bonchev–Trinajstić information content (AvgIpc) is 3.07. The third-order valence-corrected chi connectivity index (χ3v) is 9.87. The summed E-state index contributed by atoms with van der Waals surface area (Å²) in [6, 6.07) is 18.6. The fraction of sp³-hybridized carbons (Fsp3) is 0.405. The van der Waals surface area contributed by atoms with Gasteiger partial charge in [-0.25, -0.2) is 9.07 Å². The molecule has 1 amide bonds. The monoisotopic (exact) mass is 695 g/mol. The Morgan fingerprint density at radius 3 is 2.02 bits per heavy atom. The predicted molar refractivity (Wildman–Crippen MR) is 183 cm³/mol. The molecule has 2 heterocycles. The Hall–Kier alpha value is -4.03. The van der Waals surface area contributed by atoms with E-state index < -0.39 is 17.3 Å². The molecular formula is C37H41F4N5O2S. The van der Waals surface area contributed by atoms with E-state index in [0.29, 0.717) is 29.4 Å². The van der Waals surface area contributed by atoms with Gasteiger partial charge in [-0.05, 0) is 86.6 Å². The number of aryl methyl sites for hydroxylation is 1. The summed E-state index contributed by atoms with van der Waals surface area (Å²) in [7, 11) is 0. The van der Waals surface area contributed by atoms with E-state index in [9.17, 15) is 27.2 Å². The van der Waals surface area contributed by atoms with Gasteiger partial charge in [0.1, 0.15) is 18.1 Å². The van der Waals surface area contributed by atoms with Crippen LogP contribution in [0.15, 0.2) is 82.7 Å². The molecule has 49 heavy (non-hydrogen) atoms. The van der Waals surface area contributed by atoms with Crippen LogP contribution in [0.1, 0.15) is 62.9 Å². The molecule has 0 radical (unpaired) electrons. The van der Waals surface area contributed by atoms with Crippen molar-refractivity contribution in [2.75, 3.05) is 13.1 Å². The largest absolute Gasteiger partial charge is 0.416 e. The number of amides is 1. The summed E-state index contributed by atoms with van der Waals surface area (Å²) in [6.07, 6.45) is -2.46. The van der Waals surface area contributed by atoms with E-state index >= 15 is 0 Å². The van der Waals surface area contributed by atoms with E-state index in [4.69, 9.17) is 0 Å². The van der Waals surface area contributed by atoms with Gasteiger partial charge in [0.15, 0.2) is 5.16 Å². The number of rotatable bonds is 10. The van der Waals surface area contributed by atoms with Crippen molar-refractivity contribution in [2.45, 2.75) is 88.7 Å². The maximum absolute atomic E-state index is 14.2. The number of carbonyl (C=O) groups excluding carboxylic acids is 1. The van der Waals surface area contributed by atoms with Crippen molar-refractivity contribution in [2.24, 2.45) is 0 Å². The molecule has 0 saturated carbocycles. The lowest BCUT2D eigenvalue weighted by atomic mass is 9.96. The highest BCUT2D eigenvalue weighted by molar-refractivity contribution is 7.98. The van der Waals surface area contributed by atoms with Crippen molar-refractivity contribution in [3.05, 3.63) is 111 Å². The zero-order valence-corrected chi connectivity index (χ0v) is 29.0. The normalized spacial score (nSPS) is 14.6. The van der Waals surface area contributed by atoms with Gasteiger partial charge in [0.25, 0.3) is 5.56 Å². The van der Waals surface area contributed by atoms with Crippen molar-refractivity contribution in [1.82, 2.24) is 24.6 Å². The first-order valence-corrected chi connectivity index (χ1v) is 17.4. The number of thioether (sulfide) groups is 1. The third kappa shape index (κ3) is 9.36. The zero-order chi connectivity index (χ0) is 35.3. The van der Waals surface area contributed by atoms with Gasteiger partial charge in [-0.1, -0.05) is 67.2 Å². The molecule has 0 unspecified atom stereocenters. The summed E-state index contributed by atoms with van der Waals surface area (Å²) in [5, 5.41) is 4.85. The Morgan fingerprint density at radius 1 is 0.898 bits per heavy atom. The highest BCUT2D eigenvalue weighted by Crippen LogP contribution is 2.31. The molecular weight excluding hydrogens is 654 g/mol. The van der Waals surface area contributed by atoms with Crippen molar-refractivity contribution in [1.29, 1.82) is 0 Å². The molecule has 5 rings (SSSR count). The Balaban J connectivity index is 1.39. The van der Waals surface area contributed by atoms with Crippen LogP contribution in [0.4, 0.5) is 17.6 Å². The second-order valence-electron chi connectivity index (χ2n) is 13.3. The van der Waals surface area contributed by atoms with Crippen molar-refractivity contribution >= 4 is 17.7 Å². The average molecular weight is 696 g/mol. The number of hydrogen-bond acceptors (Lipinski definition) is 6. The Morgan fingerprint density at radius 2 is 1.47 bits per heavy atom. The molecule has 1 fully saturated rings. The van der Waals surface area contributed by atoms with Gasteiger partial charge in [0, 0.05) is 37.0 Å². The van der Waals surface area contributed by atoms with Gasteiger partial charge in [0.05, 0.1) is 5.56 Å². The minimum absolute atomic E-state index is 0.00661. The first-order chi connectivity index (χ1) is 23.2. The lowest BCUT2D eigenvalue weighted by Gasteiger charge is -2.44. The van der Waals surface area contributed by atoms with Gasteiger partial charge in [-0.3, -0.25) is 14.5 Å². The van der Waals surface area contributed by atoms with Crippen LogP contribution >= 0.6 is 11.8 Å². The van der Waals surface area contributed by atoms with Crippen LogP contribution in [0.2, 0.25) is 0 Å². The predicted octanol–water partition coefficient (Wildman–Crippen LogP) is 7.61. The smallest absolute Gasteiger partial charge is 0.334 e. The second-order valence-corrected chi connectivity index (χ2v) is 14.2. The van der Waals surface area contributed by atoms with Crippen molar-refractivity contribution in [3.8, 4) is 11.1 Å². The maximum Gasteiger partial charge on any atom is 0.416 e. The fourth-order valence-electron chi connectivity index (χ4n) is 5.94. The molecule has 7 nitrogen and oxygen atoms in total. The molecule has 0 N–H and O–H groups in total. The Kier molecular flexibility index (Phi) is 11.3. The van der Waals surface area contributed by atoms with Crippen LogP contribution in [-0.4, -0.2) is 55.1 Å². The summed E-state index contributed by atoms with van der Waals surface area (Å²) in [5.74, 6) is -0.0930. The molecule has 1 saturated heterocycles. The van der Waals surface area contributed by atoms with E-state index in [1.54, 1.807) is 12.1 Å². The molecule has 0 atom stereocenters. The number of aromatic nitrogens is 3. The summed E-state index contributed by atoms with van der Waals surface area (Å²) >= 11 is 1.26. The molecule has 4 aromatic rings. The van der Waals surface area contributed by atoms with Crippen LogP contribution in [-0.2, 0) is 36.2 Å². The summed E-state index contributed by atoms with van der Waals surface area (Å²) in [5.41, 5.74) is 2.29. The standard InChI is InChI=1S/C37H41F4N5O2S/c1-5-32-34(48)42-35(49-24-26-8-16-30(38)17-9-26)46(43-32)23-33(47)45(31-18-20-44(21-19-31)36(2,3)4)22-25-6-10-27(11-7-25)28-12-14-29(15-13-28)37(39,40)41/h6-17,31H,5,18-24H2,1-4H3. The second kappa shape index (κ2) is 15.2. The first-order valence-electron chi connectivity index (χ1n) is 16.4. The van der Waals surface area contributed by atoms with Crippen LogP contribution < -0.4 is 5.56 Å².